The highest BCUT2D eigenvalue weighted by molar-refractivity contribution is 5.81. The smallest absolute Gasteiger partial charge is 0.261 e. The van der Waals surface area contributed by atoms with Gasteiger partial charge in [-0.2, -0.15) is 0 Å². The molecule has 0 radical (unpaired) electrons. The number of hydrogen-bond donors (Lipinski definition) is 1. The molecule has 21 heavy (non-hydrogen) atoms. The lowest BCUT2D eigenvalue weighted by atomic mass is 9.99. The molecule has 2 atom stereocenters. The van der Waals surface area contributed by atoms with E-state index in [1.54, 1.807) is 0 Å². The SMILES string of the molecule is CCCCC(CC)CNC(=O)C(CC)Oc1ccccc1. The number of benzene rings is 1. The van der Waals surface area contributed by atoms with Crippen molar-refractivity contribution in [3.8, 4) is 5.75 Å². The molecule has 0 aromatic heterocycles. The summed E-state index contributed by atoms with van der Waals surface area (Å²) < 4.78 is 5.76. The van der Waals surface area contributed by atoms with Gasteiger partial charge in [-0.3, -0.25) is 4.79 Å². The molecule has 1 rings (SSSR count). The zero-order chi connectivity index (χ0) is 15.5. The summed E-state index contributed by atoms with van der Waals surface area (Å²) in [4.78, 5) is 12.2. The van der Waals surface area contributed by atoms with E-state index in [4.69, 9.17) is 4.74 Å². The van der Waals surface area contributed by atoms with Crippen LogP contribution in [0.3, 0.4) is 0 Å². The number of amides is 1. The quantitative estimate of drug-likeness (QED) is 0.702. The van der Waals surface area contributed by atoms with Gasteiger partial charge in [0.15, 0.2) is 6.10 Å². The Hall–Kier alpha value is -1.51. The number of nitrogens with one attached hydrogen (secondary N) is 1. The second-order valence-corrected chi connectivity index (χ2v) is 5.49. The largest absolute Gasteiger partial charge is 0.481 e. The maximum atomic E-state index is 12.2. The maximum Gasteiger partial charge on any atom is 0.261 e. The number of rotatable bonds is 10. The number of hydrogen-bond acceptors (Lipinski definition) is 2. The Morgan fingerprint density at radius 3 is 2.43 bits per heavy atom. The first kappa shape index (κ1) is 17.5. The molecule has 0 aliphatic carbocycles. The van der Waals surface area contributed by atoms with Crippen molar-refractivity contribution in [3.63, 3.8) is 0 Å². The molecule has 1 amide bonds. The molecule has 2 unspecified atom stereocenters. The van der Waals surface area contributed by atoms with Crippen molar-refractivity contribution in [2.75, 3.05) is 6.54 Å². The fourth-order valence-corrected chi connectivity index (χ4v) is 2.29. The Morgan fingerprint density at radius 1 is 1.14 bits per heavy atom. The van der Waals surface area contributed by atoms with E-state index in [2.05, 4.69) is 19.2 Å². The topological polar surface area (TPSA) is 38.3 Å². The summed E-state index contributed by atoms with van der Waals surface area (Å²) in [5.74, 6) is 1.32. The second kappa shape index (κ2) is 10.3. The molecule has 1 aromatic carbocycles. The minimum atomic E-state index is -0.406. The molecular formula is C18H29NO2. The molecule has 0 aliphatic heterocycles. The van der Waals surface area contributed by atoms with Crippen molar-refractivity contribution < 1.29 is 9.53 Å². The van der Waals surface area contributed by atoms with Gasteiger partial charge in [-0.1, -0.05) is 58.2 Å². The molecule has 0 fully saturated rings. The molecule has 0 heterocycles. The van der Waals surface area contributed by atoms with Crippen molar-refractivity contribution in [2.45, 2.75) is 59.0 Å². The van der Waals surface area contributed by atoms with Crippen LogP contribution in [0.1, 0.15) is 52.9 Å². The van der Waals surface area contributed by atoms with Crippen LogP contribution >= 0.6 is 0 Å². The van der Waals surface area contributed by atoms with Crippen molar-refractivity contribution in [3.05, 3.63) is 30.3 Å². The van der Waals surface area contributed by atoms with Gasteiger partial charge in [0.2, 0.25) is 0 Å². The Bertz CT molecular complexity index is 391. The molecule has 1 aromatic rings. The second-order valence-electron chi connectivity index (χ2n) is 5.49. The van der Waals surface area contributed by atoms with Gasteiger partial charge in [-0.25, -0.2) is 0 Å². The Kier molecular flexibility index (Phi) is 8.56. The van der Waals surface area contributed by atoms with Gasteiger partial charge in [0, 0.05) is 6.54 Å². The predicted octanol–water partition coefficient (Wildman–Crippen LogP) is 4.18. The normalized spacial score (nSPS) is 13.5. The van der Waals surface area contributed by atoms with E-state index < -0.39 is 6.10 Å². The third-order valence-corrected chi connectivity index (χ3v) is 3.79. The highest BCUT2D eigenvalue weighted by atomic mass is 16.5. The first-order chi connectivity index (χ1) is 10.2. The van der Waals surface area contributed by atoms with Crippen molar-refractivity contribution >= 4 is 5.91 Å². The van der Waals surface area contributed by atoms with Crippen LogP contribution < -0.4 is 10.1 Å². The number of carbonyl (C=O) groups excluding carboxylic acids is 1. The van der Waals surface area contributed by atoms with Crippen molar-refractivity contribution in [1.82, 2.24) is 5.32 Å². The molecule has 0 bridgehead atoms. The number of para-hydroxylation sites is 1. The minimum absolute atomic E-state index is 0.00342. The molecule has 0 aliphatic rings. The lowest BCUT2D eigenvalue weighted by Crippen LogP contribution is -2.40. The fraction of sp³-hybridized carbons (Fsp3) is 0.611. The van der Waals surface area contributed by atoms with Crippen LogP contribution in [0.5, 0.6) is 5.75 Å². The number of ether oxygens (including phenoxy) is 1. The highest BCUT2D eigenvalue weighted by Gasteiger charge is 2.19. The summed E-state index contributed by atoms with van der Waals surface area (Å²) in [5.41, 5.74) is 0. The highest BCUT2D eigenvalue weighted by Crippen LogP contribution is 2.14. The standard InChI is InChI=1S/C18H29NO2/c1-4-7-11-15(5-2)14-19-18(20)17(6-3)21-16-12-9-8-10-13-16/h8-10,12-13,15,17H,4-7,11,14H2,1-3H3,(H,19,20). The van der Waals surface area contributed by atoms with E-state index in [9.17, 15) is 4.79 Å². The summed E-state index contributed by atoms with van der Waals surface area (Å²) in [6, 6.07) is 9.53. The van der Waals surface area contributed by atoms with Gasteiger partial charge in [0.05, 0.1) is 0 Å². The number of unbranched alkanes of at least 4 members (excludes halogenated alkanes) is 1. The number of carbonyl (C=O) groups is 1. The van der Waals surface area contributed by atoms with E-state index in [0.717, 1.165) is 18.7 Å². The molecule has 3 heteroatoms. The summed E-state index contributed by atoms with van der Waals surface area (Å²) >= 11 is 0. The van der Waals surface area contributed by atoms with Crippen LogP contribution in [0.2, 0.25) is 0 Å². The Labute approximate surface area is 129 Å². The Morgan fingerprint density at radius 2 is 1.86 bits per heavy atom. The third kappa shape index (κ3) is 6.65. The molecule has 3 nitrogen and oxygen atoms in total. The van der Waals surface area contributed by atoms with Crippen LogP contribution in [0.15, 0.2) is 30.3 Å². The third-order valence-electron chi connectivity index (χ3n) is 3.79. The first-order valence-electron chi connectivity index (χ1n) is 8.20. The van der Waals surface area contributed by atoms with Gasteiger partial charge in [0.1, 0.15) is 5.75 Å². The molecule has 0 saturated carbocycles. The van der Waals surface area contributed by atoms with E-state index >= 15 is 0 Å². The Balaban J connectivity index is 2.43. The zero-order valence-corrected chi connectivity index (χ0v) is 13.6. The average Bonchev–Trinajstić information content (AvgIpc) is 2.53. The van der Waals surface area contributed by atoms with E-state index in [1.165, 1.54) is 19.3 Å². The molecule has 0 saturated heterocycles. The van der Waals surface area contributed by atoms with Crippen LogP contribution in [-0.2, 0) is 4.79 Å². The summed E-state index contributed by atoms with van der Waals surface area (Å²) in [7, 11) is 0. The van der Waals surface area contributed by atoms with Gasteiger partial charge in [-0.05, 0) is 30.9 Å². The van der Waals surface area contributed by atoms with Crippen LogP contribution in [0.25, 0.3) is 0 Å². The monoisotopic (exact) mass is 291 g/mol. The minimum Gasteiger partial charge on any atom is -0.481 e. The predicted molar refractivity (Wildman–Crippen MR) is 87.5 cm³/mol. The lowest BCUT2D eigenvalue weighted by molar-refractivity contribution is -0.128. The average molecular weight is 291 g/mol. The first-order valence-corrected chi connectivity index (χ1v) is 8.20. The van der Waals surface area contributed by atoms with E-state index in [0.29, 0.717) is 12.3 Å². The molecule has 0 spiro atoms. The van der Waals surface area contributed by atoms with Gasteiger partial charge in [-0.15, -0.1) is 0 Å². The fourth-order valence-electron chi connectivity index (χ4n) is 2.29. The van der Waals surface area contributed by atoms with E-state index in [1.807, 2.05) is 37.3 Å². The van der Waals surface area contributed by atoms with Crippen LogP contribution in [0.4, 0.5) is 0 Å². The lowest BCUT2D eigenvalue weighted by Gasteiger charge is -2.20. The summed E-state index contributed by atoms with van der Waals surface area (Å²) in [6.45, 7) is 7.11. The maximum absolute atomic E-state index is 12.2. The van der Waals surface area contributed by atoms with Crippen molar-refractivity contribution in [2.24, 2.45) is 5.92 Å². The van der Waals surface area contributed by atoms with Gasteiger partial charge >= 0.3 is 0 Å². The molecule has 1 N–H and O–H groups in total. The zero-order valence-electron chi connectivity index (χ0n) is 13.6. The summed E-state index contributed by atoms with van der Waals surface area (Å²) in [5, 5.41) is 3.05. The van der Waals surface area contributed by atoms with Gasteiger partial charge in [0.25, 0.3) is 5.91 Å². The van der Waals surface area contributed by atoms with E-state index in [-0.39, 0.29) is 5.91 Å². The van der Waals surface area contributed by atoms with Gasteiger partial charge < -0.3 is 10.1 Å². The van der Waals surface area contributed by atoms with Crippen molar-refractivity contribution in [1.29, 1.82) is 0 Å². The summed E-state index contributed by atoms with van der Waals surface area (Å²) in [6.07, 6.45) is 4.99. The van der Waals surface area contributed by atoms with Crippen LogP contribution in [0, 0.1) is 5.92 Å². The molecular weight excluding hydrogens is 262 g/mol. The van der Waals surface area contributed by atoms with Crippen LogP contribution in [-0.4, -0.2) is 18.6 Å². The molecule has 118 valence electrons.